The second-order valence-corrected chi connectivity index (χ2v) is 5.62. The number of imidazole rings is 1. The Morgan fingerprint density at radius 1 is 1.04 bits per heavy atom. The van der Waals surface area contributed by atoms with Gasteiger partial charge in [-0.1, -0.05) is 18.2 Å². The van der Waals surface area contributed by atoms with Gasteiger partial charge in [-0.3, -0.25) is 18.7 Å². The summed E-state index contributed by atoms with van der Waals surface area (Å²) in [5.74, 6) is -0.575. The Morgan fingerprint density at radius 2 is 1.76 bits per heavy atom. The number of fused-ring (bicyclic) bond motifs is 1. The molecule has 1 heterocycles. The zero-order valence-electron chi connectivity index (χ0n) is 13.9. The first kappa shape index (κ1) is 16.5. The summed E-state index contributed by atoms with van der Waals surface area (Å²) in [6.07, 6.45) is 0. The van der Waals surface area contributed by atoms with Crippen LogP contribution in [-0.4, -0.2) is 28.0 Å². The van der Waals surface area contributed by atoms with Crippen LogP contribution in [0.15, 0.2) is 53.3 Å². The van der Waals surface area contributed by atoms with Crippen LogP contribution in [0.1, 0.15) is 10.4 Å². The maximum atomic E-state index is 12.4. The van der Waals surface area contributed by atoms with Gasteiger partial charge in [0.15, 0.2) is 0 Å². The molecule has 0 atom stereocenters. The maximum Gasteiger partial charge on any atom is 0.329 e. The number of aromatic nitrogens is 2. The molecule has 0 saturated heterocycles. The molecule has 0 aliphatic carbocycles. The van der Waals surface area contributed by atoms with Crippen molar-refractivity contribution in [3.63, 3.8) is 0 Å². The van der Waals surface area contributed by atoms with E-state index in [1.807, 2.05) is 18.2 Å². The fraction of sp³-hybridized carbons (Fsp3) is 0.167. The van der Waals surface area contributed by atoms with E-state index in [0.717, 1.165) is 5.52 Å². The average molecular weight is 338 g/mol. The van der Waals surface area contributed by atoms with Crippen molar-refractivity contribution in [2.45, 2.75) is 6.54 Å². The number of rotatable bonds is 4. The van der Waals surface area contributed by atoms with Crippen LogP contribution in [0.25, 0.3) is 11.0 Å². The van der Waals surface area contributed by atoms with Crippen LogP contribution in [-0.2, 0) is 18.4 Å². The van der Waals surface area contributed by atoms with E-state index in [0.29, 0.717) is 16.8 Å². The Bertz CT molecular complexity index is 1020. The van der Waals surface area contributed by atoms with Gasteiger partial charge in [-0.25, -0.2) is 4.79 Å². The lowest BCUT2D eigenvalue weighted by molar-refractivity contribution is -0.116. The maximum absolute atomic E-state index is 12.4. The molecule has 0 bridgehead atoms. The molecule has 0 unspecified atom stereocenters. The third-order valence-electron chi connectivity index (χ3n) is 3.99. The van der Waals surface area contributed by atoms with Crippen molar-refractivity contribution in [2.75, 3.05) is 12.4 Å². The topological polar surface area (TPSA) is 85.1 Å². The molecule has 0 fully saturated rings. The predicted molar refractivity (Wildman–Crippen MR) is 95.6 cm³/mol. The Balaban J connectivity index is 1.84. The quantitative estimate of drug-likeness (QED) is 0.753. The number of benzene rings is 2. The predicted octanol–water partition coefficient (Wildman–Crippen LogP) is 1.34. The highest BCUT2D eigenvalue weighted by Crippen LogP contribution is 2.13. The molecule has 0 aliphatic heterocycles. The number of carbonyl (C=O) groups is 2. The molecule has 2 aromatic carbocycles. The minimum atomic E-state index is -0.340. The third-order valence-corrected chi connectivity index (χ3v) is 3.99. The summed E-state index contributed by atoms with van der Waals surface area (Å²) in [5.41, 5.74) is 2.16. The van der Waals surface area contributed by atoms with Crippen LogP contribution in [0.2, 0.25) is 0 Å². The second-order valence-electron chi connectivity index (χ2n) is 5.62. The third kappa shape index (κ3) is 3.16. The van der Waals surface area contributed by atoms with E-state index in [2.05, 4.69) is 10.6 Å². The molecule has 7 nitrogen and oxygen atoms in total. The van der Waals surface area contributed by atoms with E-state index in [1.54, 1.807) is 44.4 Å². The fourth-order valence-corrected chi connectivity index (χ4v) is 2.74. The Hall–Kier alpha value is -3.35. The first-order chi connectivity index (χ1) is 12.0. The number of carbonyl (C=O) groups excluding carboxylic acids is 2. The number of nitrogens with zero attached hydrogens (tertiary/aromatic N) is 2. The minimum absolute atomic E-state index is 0.107. The van der Waals surface area contributed by atoms with E-state index >= 15 is 0 Å². The number of hydrogen-bond acceptors (Lipinski definition) is 3. The average Bonchev–Trinajstić information content (AvgIpc) is 2.86. The molecule has 0 saturated carbocycles. The van der Waals surface area contributed by atoms with Crippen molar-refractivity contribution in [3.05, 3.63) is 64.6 Å². The number of amides is 2. The SMILES string of the molecule is CNC(=O)c1cccc(NC(=O)Cn2c(=O)n(C)c3ccccc32)c1. The summed E-state index contributed by atoms with van der Waals surface area (Å²) < 4.78 is 2.93. The van der Waals surface area contributed by atoms with Crippen molar-refractivity contribution in [1.29, 1.82) is 0 Å². The van der Waals surface area contributed by atoms with Crippen LogP contribution < -0.4 is 16.3 Å². The Kier molecular flexibility index (Phi) is 4.38. The first-order valence-corrected chi connectivity index (χ1v) is 7.77. The van der Waals surface area contributed by atoms with Gasteiger partial charge in [0.05, 0.1) is 11.0 Å². The molecule has 25 heavy (non-hydrogen) atoms. The van der Waals surface area contributed by atoms with Gasteiger partial charge in [-0.15, -0.1) is 0 Å². The molecule has 2 N–H and O–H groups in total. The molecular formula is C18H18N4O3. The van der Waals surface area contributed by atoms with Crippen molar-refractivity contribution in [3.8, 4) is 0 Å². The second kappa shape index (κ2) is 6.64. The summed E-state index contributed by atoms with van der Waals surface area (Å²) in [6, 6.07) is 13.9. The van der Waals surface area contributed by atoms with Crippen LogP contribution in [0.5, 0.6) is 0 Å². The highest BCUT2D eigenvalue weighted by molar-refractivity contribution is 5.97. The molecular weight excluding hydrogens is 320 g/mol. The summed E-state index contributed by atoms with van der Waals surface area (Å²) in [6.45, 7) is -0.107. The number of nitrogens with one attached hydrogen (secondary N) is 2. The molecule has 1 aromatic heterocycles. The molecule has 2 amide bonds. The molecule has 0 radical (unpaired) electrons. The van der Waals surface area contributed by atoms with Crippen LogP contribution in [0.3, 0.4) is 0 Å². The zero-order chi connectivity index (χ0) is 18.0. The number of aryl methyl sites for hydroxylation is 1. The largest absolute Gasteiger partial charge is 0.355 e. The highest BCUT2D eigenvalue weighted by Gasteiger charge is 2.13. The van der Waals surface area contributed by atoms with Crippen molar-refractivity contribution >= 4 is 28.5 Å². The van der Waals surface area contributed by atoms with E-state index in [1.165, 1.54) is 9.13 Å². The van der Waals surface area contributed by atoms with Crippen LogP contribution >= 0.6 is 0 Å². The van der Waals surface area contributed by atoms with Crippen LogP contribution in [0, 0.1) is 0 Å². The summed E-state index contributed by atoms with van der Waals surface area (Å²) in [7, 11) is 3.21. The zero-order valence-corrected chi connectivity index (χ0v) is 13.9. The Morgan fingerprint density at radius 3 is 2.48 bits per heavy atom. The molecule has 128 valence electrons. The summed E-state index contributed by atoms with van der Waals surface area (Å²) in [5, 5.41) is 5.26. The van der Waals surface area contributed by atoms with Gasteiger partial charge in [0.25, 0.3) is 5.91 Å². The van der Waals surface area contributed by atoms with Gasteiger partial charge in [-0.2, -0.15) is 0 Å². The lowest BCUT2D eigenvalue weighted by Crippen LogP contribution is -2.28. The molecule has 0 aliphatic rings. The number of hydrogen-bond donors (Lipinski definition) is 2. The van der Waals surface area contributed by atoms with Crippen molar-refractivity contribution < 1.29 is 9.59 Å². The lowest BCUT2D eigenvalue weighted by Gasteiger charge is -2.08. The molecule has 0 spiro atoms. The summed E-state index contributed by atoms with van der Waals surface area (Å²) >= 11 is 0. The monoisotopic (exact) mass is 338 g/mol. The van der Waals surface area contributed by atoms with Crippen molar-refractivity contribution in [1.82, 2.24) is 14.5 Å². The van der Waals surface area contributed by atoms with E-state index in [4.69, 9.17) is 0 Å². The normalized spacial score (nSPS) is 10.6. The van der Waals surface area contributed by atoms with Crippen molar-refractivity contribution in [2.24, 2.45) is 7.05 Å². The number of para-hydroxylation sites is 2. The molecule has 3 rings (SSSR count). The van der Waals surface area contributed by atoms with E-state index in [-0.39, 0.29) is 24.0 Å². The molecule has 7 heteroatoms. The van der Waals surface area contributed by atoms with Gasteiger partial charge in [0.2, 0.25) is 5.91 Å². The van der Waals surface area contributed by atoms with Gasteiger partial charge in [-0.05, 0) is 30.3 Å². The van der Waals surface area contributed by atoms with E-state index in [9.17, 15) is 14.4 Å². The van der Waals surface area contributed by atoms with Gasteiger partial charge in [0.1, 0.15) is 6.54 Å². The van der Waals surface area contributed by atoms with Crippen LogP contribution in [0.4, 0.5) is 5.69 Å². The minimum Gasteiger partial charge on any atom is -0.355 e. The smallest absolute Gasteiger partial charge is 0.329 e. The summed E-state index contributed by atoms with van der Waals surface area (Å²) in [4.78, 5) is 36.4. The standard InChI is InChI=1S/C18H18N4O3/c1-19-17(24)12-6-5-7-13(10-12)20-16(23)11-22-15-9-4-3-8-14(15)21(2)18(22)25/h3-10H,11H2,1-2H3,(H,19,24)(H,20,23). The number of anilines is 1. The van der Waals surface area contributed by atoms with Gasteiger partial charge in [0, 0.05) is 25.3 Å². The lowest BCUT2D eigenvalue weighted by atomic mass is 10.2. The highest BCUT2D eigenvalue weighted by atomic mass is 16.2. The first-order valence-electron chi connectivity index (χ1n) is 7.77. The fourth-order valence-electron chi connectivity index (χ4n) is 2.74. The Labute approximate surface area is 143 Å². The van der Waals surface area contributed by atoms with Gasteiger partial charge >= 0.3 is 5.69 Å². The van der Waals surface area contributed by atoms with Gasteiger partial charge < -0.3 is 10.6 Å². The molecule has 3 aromatic rings. The van der Waals surface area contributed by atoms with E-state index < -0.39 is 0 Å².